The van der Waals surface area contributed by atoms with Crippen molar-refractivity contribution in [3.05, 3.63) is 59.2 Å². The molecular weight excluding hydrogens is 302 g/mol. The summed E-state index contributed by atoms with van der Waals surface area (Å²) in [5.41, 5.74) is 1.12. The molecule has 0 spiro atoms. The van der Waals surface area contributed by atoms with Crippen LogP contribution in [0.5, 0.6) is 11.5 Å². The standard InChI is InChI=1S/C17H14ClNO3/c1-2-21-17(20)15-16(13-5-3-4-6-14(13)19-15)22-12-9-7-11(18)8-10-12/h3-10,19H,2H2,1H3. The molecule has 0 bridgehead atoms. The topological polar surface area (TPSA) is 51.3 Å². The van der Waals surface area contributed by atoms with Crippen LogP contribution in [0.1, 0.15) is 17.4 Å². The number of hydrogen-bond donors (Lipinski definition) is 1. The van der Waals surface area contributed by atoms with Gasteiger partial charge in [0.15, 0.2) is 11.4 Å². The average Bonchev–Trinajstić information content (AvgIpc) is 2.89. The van der Waals surface area contributed by atoms with E-state index in [1.165, 1.54) is 0 Å². The van der Waals surface area contributed by atoms with Crippen molar-refractivity contribution in [1.29, 1.82) is 0 Å². The molecule has 0 unspecified atom stereocenters. The Labute approximate surface area is 132 Å². The maximum absolute atomic E-state index is 12.1. The van der Waals surface area contributed by atoms with Gasteiger partial charge in [0, 0.05) is 15.9 Å². The third-order valence-electron chi connectivity index (χ3n) is 3.17. The number of esters is 1. The van der Waals surface area contributed by atoms with E-state index in [0.717, 1.165) is 10.9 Å². The van der Waals surface area contributed by atoms with Crippen LogP contribution in [0.15, 0.2) is 48.5 Å². The molecule has 0 atom stereocenters. The second kappa shape index (κ2) is 6.12. The second-order valence-electron chi connectivity index (χ2n) is 4.65. The Morgan fingerprint density at radius 3 is 2.59 bits per heavy atom. The summed E-state index contributed by atoms with van der Waals surface area (Å²) in [5, 5.41) is 1.44. The van der Waals surface area contributed by atoms with Crippen LogP contribution in [0.3, 0.4) is 0 Å². The number of para-hydroxylation sites is 1. The predicted octanol–water partition coefficient (Wildman–Crippen LogP) is 4.79. The molecule has 4 nitrogen and oxygen atoms in total. The number of benzene rings is 2. The van der Waals surface area contributed by atoms with Gasteiger partial charge in [0.1, 0.15) is 5.75 Å². The molecule has 0 aliphatic rings. The summed E-state index contributed by atoms with van der Waals surface area (Å²) < 4.78 is 11.0. The van der Waals surface area contributed by atoms with E-state index < -0.39 is 5.97 Å². The number of nitrogens with one attached hydrogen (secondary N) is 1. The zero-order valence-electron chi connectivity index (χ0n) is 11.9. The van der Waals surface area contributed by atoms with E-state index in [1.54, 1.807) is 31.2 Å². The molecular formula is C17H14ClNO3. The van der Waals surface area contributed by atoms with E-state index in [1.807, 2.05) is 24.3 Å². The SMILES string of the molecule is CCOC(=O)c1[nH]c2ccccc2c1Oc1ccc(Cl)cc1. The van der Waals surface area contributed by atoms with Crippen LogP contribution in [-0.2, 0) is 4.74 Å². The van der Waals surface area contributed by atoms with Crippen LogP contribution < -0.4 is 4.74 Å². The Morgan fingerprint density at radius 2 is 1.86 bits per heavy atom. The lowest BCUT2D eigenvalue weighted by Gasteiger charge is -2.07. The van der Waals surface area contributed by atoms with Crippen molar-refractivity contribution in [2.24, 2.45) is 0 Å². The van der Waals surface area contributed by atoms with E-state index in [-0.39, 0.29) is 0 Å². The molecule has 2 aromatic carbocycles. The Balaban J connectivity index is 2.07. The van der Waals surface area contributed by atoms with Crippen molar-refractivity contribution < 1.29 is 14.3 Å². The lowest BCUT2D eigenvalue weighted by atomic mass is 10.2. The zero-order chi connectivity index (χ0) is 15.5. The van der Waals surface area contributed by atoms with Crippen LogP contribution in [0, 0.1) is 0 Å². The monoisotopic (exact) mass is 315 g/mol. The molecule has 0 aliphatic heterocycles. The summed E-state index contributed by atoms with van der Waals surface area (Å²) in [6.07, 6.45) is 0. The number of ether oxygens (including phenoxy) is 2. The first-order valence-electron chi connectivity index (χ1n) is 6.90. The molecule has 0 saturated heterocycles. The van der Waals surface area contributed by atoms with Gasteiger partial charge in [0.2, 0.25) is 0 Å². The minimum absolute atomic E-state index is 0.300. The molecule has 22 heavy (non-hydrogen) atoms. The predicted molar refractivity (Wildman–Crippen MR) is 85.8 cm³/mol. The highest BCUT2D eigenvalue weighted by molar-refractivity contribution is 6.30. The third-order valence-corrected chi connectivity index (χ3v) is 3.42. The Bertz CT molecular complexity index is 808. The van der Waals surface area contributed by atoms with E-state index in [0.29, 0.717) is 28.8 Å². The van der Waals surface area contributed by atoms with Crippen molar-refractivity contribution >= 4 is 28.5 Å². The van der Waals surface area contributed by atoms with Crippen molar-refractivity contribution in [3.63, 3.8) is 0 Å². The molecule has 5 heteroatoms. The van der Waals surface area contributed by atoms with Gasteiger partial charge >= 0.3 is 5.97 Å². The van der Waals surface area contributed by atoms with E-state index >= 15 is 0 Å². The van der Waals surface area contributed by atoms with Gasteiger partial charge in [0.25, 0.3) is 0 Å². The summed E-state index contributed by atoms with van der Waals surface area (Å²) in [7, 11) is 0. The summed E-state index contributed by atoms with van der Waals surface area (Å²) in [4.78, 5) is 15.2. The fraction of sp³-hybridized carbons (Fsp3) is 0.118. The molecule has 1 heterocycles. The molecule has 1 N–H and O–H groups in total. The fourth-order valence-electron chi connectivity index (χ4n) is 2.19. The van der Waals surface area contributed by atoms with Gasteiger partial charge in [-0.05, 0) is 43.3 Å². The number of halogens is 1. The van der Waals surface area contributed by atoms with Gasteiger partial charge in [-0.15, -0.1) is 0 Å². The van der Waals surface area contributed by atoms with E-state index in [4.69, 9.17) is 21.1 Å². The minimum atomic E-state index is -0.442. The largest absolute Gasteiger partial charge is 0.461 e. The highest BCUT2D eigenvalue weighted by atomic mass is 35.5. The lowest BCUT2D eigenvalue weighted by molar-refractivity contribution is 0.0518. The number of carbonyl (C=O) groups excluding carboxylic acids is 1. The van der Waals surface area contributed by atoms with Crippen molar-refractivity contribution in [3.8, 4) is 11.5 Å². The molecule has 0 fully saturated rings. The van der Waals surface area contributed by atoms with Gasteiger partial charge in [0.05, 0.1) is 6.61 Å². The van der Waals surface area contributed by atoms with Crippen LogP contribution in [0.25, 0.3) is 10.9 Å². The van der Waals surface area contributed by atoms with Gasteiger partial charge in [-0.2, -0.15) is 0 Å². The maximum atomic E-state index is 12.1. The van der Waals surface area contributed by atoms with Crippen molar-refractivity contribution in [2.45, 2.75) is 6.92 Å². The number of carbonyl (C=O) groups is 1. The Kier molecular flexibility index (Phi) is 4.02. The van der Waals surface area contributed by atoms with Crippen LogP contribution in [-0.4, -0.2) is 17.6 Å². The lowest BCUT2D eigenvalue weighted by Crippen LogP contribution is -2.06. The van der Waals surface area contributed by atoms with Crippen molar-refractivity contribution in [2.75, 3.05) is 6.61 Å². The van der Waals surface area contributed by atoms with Gasteiger partial charge in [-0.25, -0.2) is 4.79 Å². The molecule has 0 radical (unpaired) electrons. The molecule has 1 aromatic heterocycles. The molecule has 0 aliphatic carbocycles. The van der Waals surface area contributed by atoms with Crippen LogP contribution in [0.2, 0.25) is 5.02 Å². The van der Waals surface area contributed by atoms with Gasteiger partial charge < -0.3 is 14.5 Å². The first-order chi connectivity index (χ1) is 10.7. The highest BCUT2D eigenvalue weighted by Crippen LogP contribution is 2.34. The quantitative estimate of drug-likeness (QED) is 0.704. The number of H-pyrrole nitrogens is 1. The normalized spacial score (nSPS) is 10.6. The average molecular weight is 316 g/mol. The van der Waals surface area contributed by atoms with Crippen LogP contribution >= 0.6 is 11.6 Å². The highest BCUT2D eigenvalue weighted by Gasteiger charge is 2.20. The second-order valence-corrected chi connectivity index (χ2v) is 5.09. The number of rotatable bonds is 4. The molecule has 0 amide bonds. The van der Waals surface area contributed by atoms with E-state index in [2.05, 4.69) is 4.98 Å². The number of aromatic amines is 1. The summed E-state index contributed by atoms with van der Waals surface area (Å²) in [6.45, 7) is 2.06. The summed E-state index contributed by atoms with van der Waals surface area (Å²) in [5.74, 6) is 0.610. The summed E-state index contributed by atoms with van der Waals surface area (Å²) >= 11 is 5.88. The molecule has 0 saturated carbocycles. The van der Waals surface area contributed by atoms with E-state index in [9.17, 15) is 4.79 Å². The first-order valence-corrected chi connectivity index (χ1v) is 7.28. The Morgan fingerprint density at radius 1 is 1.14 bits per heavy atom. The number of hydrogen-bond acceptors (Lipinski definition) is 3. The number of fused-ring (bicyclic) bond motifs is 1. The molecule has 3 rings (SSSR count). The smallest absolute Gasteiger partial charge is 0.358 e. The molecule has 3 aromatic rings. The third kappa shape index (κ3) is 2.78. The zero-order valence-corrected chi connectivity index (χ0v) is 12.7. The maximum Gasteiger partial charge on any atom is 0.358 e. The summed E-state index contributed by atoms with van der Waals surface area (Å²) in [6, 6.07) is 14.5. The fourth-order valence-corrected chi connectivity index (χ4v) is 2.32. The first kappa shape index (κ1) is 14.5. The van der Waals surface area contributed by atoms with Crippen LogP contribution in [0.4, 0.5) is 0 Å². The van der Waals surface area contributed by atoms with Gasteiger partial charge in [-0.1, -0.05) is 23.7 Å². The van der Waals surface area contributed by atoms with Gasteiger partial charge in [-0.3, -0.25) is 0 Å². The van der Waals surface area contributed by atoms with Crippen molar-refractivity contribution in [1.82, 2.24) is 4.98 Å². The molecule has 112 valence electrons. The Hall–Kier alpha value is -2.46. The number of aromatic nitrogens is 1. The minimum Gasteiger partial charge on any atom is -0.461 e.